The number of hydrazone groups is 1. The smallest absolute Gasteiger partial charge is 0.271 e. The maximum Gasteiger partial charge on any atom is 0.271 e. The average Bonchev–Trinajstić information content (AvgIpc) is 2.63. The number of nitrogens with one attached hydrogen (secondary N) is 1. The quantitative estimate of drug-likeness (QED) is 0.535. The van der Waals surface area contributed by atoms with Crippen LogP contribution < -0.4 is 10.9 Å². The Bertz CT molecular complexity index is 1020. The number of carbonyl (C=O) groups excluding carboxylic acids is 1. The van der Waals surface area contributed by atoms with Crippen LogP contribution in [0, 0.1) is 0 Å². The fourth-order valence-corrected chi connectivity index (χ4v) is 2.76. The summed E-state index contributed by atoms with van der Waals surface area (Å²) in [6.45, 7) is 2.02. The molecule has 0 fully saturated rings. The summed E-state index contributed by atoms with van der Waals surface area (Å²) >= 11 is 3.31. The lowest BCUT2D eigenvalue weighted by Gasteiger charge is -2.02. The predicted octanol–water partition coefficient (Wildman–Crippen LogP) is 3.88. The molecule has 0 saturated carbocycles. The molecule has 0 bridgehead atoms. The molecule has 1 heterocycles. The van der Waals surface area contributed by atoms with E-state index in [2.05, 4.69) is 26.5 Å². The number of carbonyl (C=O) groups is 1. The van der Waals surface area contributed by atoms with Gasteiger partial charge >= 0.3 is 0 Å². The molecule has 0 aliphatic rings. The van der Waals surface area contributed by atoms with Gasteiger partial charge in [0.25, 0.3) is 5.91 Å². The Morgan fingerprint density at radius 1 is 1.28 bits per heavy atom. The van der Waals surface area contributed by atoms with E-state index < -0.39 is 0 Å². The van der Waals surface area contributed by atoms with Crippen molar-refractivity contribution in [1.29, 1.82) is 0 Å². The molecule has 0 aliphatic carbocycles. The molecule has 1 N–H and O–H groups in total. The van der Waals surface area contributed by atoms with E-state index in [1.807, 2.05) is 25.1 Å². The third-order valence-electron chi connectivity index (χ3n) is 3.73. The number of benzene rings is 2. The van der Waals surface area contributed by atoms with E-state index in [9.17, 15) is 9.59 Å². The third kappa shape index (κ3) is 3.85. The van der Waals surface area contributed by atoms with Crippen LogP contribution >= 0.6 is 15.9 Å². The highest BCUT2D eigenvalue weighted by Gasteiger charge is 2.07. The maximum atomic E-state index is 12.5. The van der Waals surface area contributed by atoms with E-state index in [0.717, 1.165) is 16.5 Å². The SMILES string of the molecule is CCc1ccc2occ(/C=N/NC(=O)c3cccc(Br)c3)c(=O)c2c1. The van der Waals surface area contributed by atoms with Crippen LogP contribution in [0.2, 0.25) is 0 Å². The molecule has 3 aromatic rings. The Balaban J connectivity index is 1.82. The minimum Gasteiger partial charge on any atom is -0.463 e. The van der Waals surface area contributed by atoms with Crippen LogP contribution in [-0.4, -0.2) is 12.1 Å². The summed E-state index contributed by atoms with van der Waals surface area (Å²) < 4.78 is 6.27. The van der Waals surface area contributed by atoms with Crippen LogP contribution in [0.25, 0.3) is 11.0 Å². The first-order valence-corrected chi connectivity index (χ1v) is 8.51. The minimum atomic E-state index is -0.365. The highest BCUT2D eigenvalue weighted by atomic mass is 79.9. The fraction of sp³-hybridized carbons (Fsp3) is 0.105. The molecular formula is C19H15BrN2O3. The predicted molar refractivity (Wildman–Crippen MR) is 101 cm³/mol. The van der Waals surface area contributed by atoms with Crippen molar-refractivity contribution in [2.24, 2.45) is 5.10 Å². The van der Waals surface area contributed by atoms with Gasteiger partial charge in [-0.1, -0.05) is 35.0 Å². The van der Waals surface area contributed by atoms with E-state index in [1.54, 1.807) is 24.3 Å². The first-order chi connectivity index (χ1) is 12.1. The Kier molecular flexibility index (Phi) is 5.09. The Morgan fingerprint density at radius 2 is 2.12 bits per heavy atom. The van der Waals surface area contributed by atoms with Gasteiger partial charge in [0.05, 0.1) is 17.2 Å². The first-order valence-electron chi connectivity index (χ1n) is 7.72. The molecule has 1 aromatic heterocycles. The standard InChI is InChI=1S/C19H15BrN2O3/c1-2-12-6-7-17-16(8-12)18(23)14(11-25-17)10-21-22-19(24)13-4-3-5-15(20)9-13/h3-11H,2H2,1H3,(H,22,24)/b21-10+. The van der Waals surface area contributed by atoms with E-state index in [1.165, 1.54) is 12.5 Å². The molecule has 0 spiro atoms. The van der Waals surface area contributed by atoms with Crippen LogP contribution in [-0.2, 0) is 6.42 Å². The Morgan fingerprint density at radius 3 is 2.88 bits per heavy atom. The average molecular weight is 399 g/mol. The lowest BCUT2D eigenvalue weighted by Crippen LogP contribution is -2.18. The zero-order valence-corrected chi connectivity index (χ0v) is 15.0. The summed E-state index contributed by atoms with van der Waals surface area (Å²) in [6.07, 6.45) is 3.46. The van der Waals surface area contributed by atoms with Crippen LogP contribution in [0.3, 0.4) is 0 Å². The molecule has 0 radical (unpaired) electrons. The molecule has 0 unspecified atom stereocenters. The monoisotopic (exact) mass is 398 g/mol. The number of hydrogen-bond acceptors (Lipinski definition) is 4. The van der Waals surface area contributed by atoms with E-state index in [4.69, 9.17) is 4.42 Å². The molecular weight excluding hydrogens is 384 g/mol. The number of halogens is 1. The van der Waals surface area contributed by atoms with Crippen molar-refractivity contribution in [1.82, 2.24) is 5.43 Å². The lowest BCUT2D eigenvalue weighted by molar-refractivity contribution is 0.0955. The Labute approximate surface area is 152 Å². The maximum absolute atomic E-state index is 12.5. The van der Waals surface area contributed by atoms with Crippen molar-refractivity contribution in [3.05, 3.63) is 80.1 Å². The molecule has 0 saturated heterocycles. The van der Waals surface area contributed by atoms with Crippen molar-refractivity contribution >= 4 is 39.0 Å². The van der Waals surface area contributed by atoms with Gasteiger partial charge in [0, 0.05) is 10.0 Å². The second-order valence-electron chi connectivity index (χ2n) is 5.41. The van der Waals surface area contributed by atoms with Crippen molar-refractivity contribution in [2.45, 2.75) is 13.3 Å². The Hall–Kier alpha value is -2.73. The van der Waals surface area contributed by atoms with Crippen molar-refractivity contribution in [3.63, 3.8) is 0 Å². The van der Waals surface area contributed by atoms with Crippen LogP contribution in [0.1, 0.15) is 28.4 Å². The van der Waals surface area contributed by atoms with Gasteiger partial charge < -0.3 is 4.42 Å². The number of amides is 1. The van der Waals surface area contributed by atoms with Crippen LogP contribution in [0.15, 0.2) is 67.5 Å². The molecule has 3 rings (SSSR count). The summed E-state index contributed by atoms with van der Waals surface area (Å²) in [4.78, 5) is 24.5. The molecule has 6 heteroatoms. The molecule has 0 atom stereocenters. The van der Waals surface area contributed by atoms with Crippen LogP contribution in [0.4, 0.5) is 0 Å². The van der Waals surface area contributed by atoms with Crippen molar-refractivity contribution in [2.75, 3.05) is 0 Å². The second kappa shape index (κ2) is 7.44. The largest absolute Gasteiger partial charge is 0.463 e. The third-order valence-corrected chi connectivity index (χ3v) is 4.22. The molecule has 1 amide bonds. The number of rotatable bonds is 4. The van der Waals surface area contributed by atoms with Gasteiger partial charge in [0.2, 0.25) is 5.43 Å². The fourth-order valence-electron chi connectivity index (χ4n) is 2.36. The van der Waals surface area contributed by atoms with Gasteiger partial charge in [-0.3, -0.25) is 9.59 Å². The normalized spacial score (nSPS) is 11.1. The molecule has 2 aromatic carbocycles. The zero-order chi connectivity index (χ0) is 17.8. The summed E-state index contributed by atoms with van der Waals surface area (Å²) in [5.74, 6) is -0.365. The second-order valence-corrected chi connectivity index (χ2v) is 6.33. The molecule has 5 nitrogen and oxygen atoms in total. The van der Waals surface area contributed by atoms with Crippen molar-refractivity contribution in [3.8, 4) is 0 Å². The summed E-state index contributed by atoms with van der Waals surface area (Å²) in [6, 6.07) is 12.5. The van der Waals surface area contributed by atoms with E-state index >= 15 is 0 Å². The summed E-state index contributed by atoms with van der Waals surface area (Å²) in [7, 11) is 0. The molecule has 25 heavy (non-hydrogen) atoms. The van der Waals surface area contributed by atoms with Gasteiger partial charge in [-0.25, -0.2) is 5.43 Å². The highest BCUT2D eigenvalue weighted by Crippen LogP contribution is 2.14. The number of nitrogens with zero attached hydrogens (tertiary/aromatic N) is 1. The molecule has 126 valence electrons. The van der Waals surface area contributed by atoms with Gasteiger partial charge in [0.1, 0.15) is 11.8 Å². The van der Waals surface area contributed by atoms with Crippen LogP contribution in [0.5, 0.6) is 0 Å². The van der Waals surface area contributed by atoms with Crippen molar-refractivity contribution < 1.29 is 9.21 Å². The number of hydrogen-bond donors (Lipinski definition) is 1. The first kappa shape index (κ1) is 17.1. The number of fused-ring (bicyclic) bond motifs is 1. The van der Waals surface area contributed by atoms with Gasteiger partial charge in [-0.15, -0.1) is 0 Å². The van der Waals surface area contributed by atoms with E-state index in [-0.39, 0.29) is 16.9 Å². The lowest BCUT2D eigenvalue weighted by atomic mass is 10.1. The topological polar surface area (TPSA) is 71.7 Å². The summed E-state index contributed by atoms with van der Waals surface area (Å²) in [5, 5.41) is 4.36. The molecule has 0 aliphatic heterocycles. The van der Waals surface area contributed by atoms with Gasteiger partial charge in [-0.05, 0) is 42.3 Å². The van der Waals surface area contributed by atoms with Gasteiger partial charge in [-0.2, -0.15) is 5.10 Å². The number of aryl methyl sites for hydroxylation is 1. The zero-order valence-electron chi connectivity index (χ0n) is 13.5. The van der Waals surface area contributed by atoms with Gasteiger partial charge in [0.15, 0.2) is 0 Å². The summed E-state index contributed by atoms with van der Waals surface area (Å²) in [5.41, 5.74) is 4.53. The van der Waals surface area contributed by atoms with E-state index in [0.29, 0.717) is 16.5 Å². The minimum absolute atomic E-state index is 0.183. The highest BCUT2D eigenvalue weighted by molar-refractivity contribution is 9.10.